The van der Waals surface area contributed by atoms with Gasteiger partial charge in [-0.1, -0.05) is 17.7 Å². The number of sulfonamides is 1. The van der Waals surface area contributed by atoms with Gasteiger partial charge in [-0.3, -0.25) is 4.79 Å². The van der Waals surface area contributed by atoms with Gasteiger partial charge < -0.3 is 14.4 Å². The first-order chi connectivity index (χ1) is 14.3. The molecule has 0 radical (unpaired) electrons. The summed E-state index contributed by atoms with van der Waals surface area (Å²) in [5.74, 6) is 1.22. The van der Waals surface area contributed by atoms with Gasteiger partial charge in [0.25, 0.3) is 0 Å². The highest BCUT2D eigenvalue weighted by atomic mass is 35.5. The average molecular weight is 453 g/mol. The summed E-state index contributed by atoms with van der Waals surface area (Å²) in [7, 11) is -0.567. The number of nitrogens with zero attached hydrogens (tertiary/aromatic N) is 1. The standard InChI is InChI=1S/C21H25ClN2O5S/c1-28-18-9-6-15(20(13-18)29-2)14-24(17-7-8-17)21(25)10-11-23-30(26,27)19-5-3-4-16(22)12-19/h3-6,9,12-13,17,23H,7-8,10-11,14H2,1-2H3. The van der Waals surface area contributed by atoms with Gasteiger partial charge in [0, 0.05) is 42.2 Å². The van der Waals surface area contributed by atoms with Crippen LogP contribution in [0.5, 0.6) is 11.5 Å². The largest absolute Gasteiger partial charge is 0.497 e. The Morgan fingerprint density at radius 3 is 2.57 bits per heavy atom. The molecule has 1 saturated carbocycles. The summed E-state index contributed by atoms with van der Waals surface area (Å²) >= 11 is 5.87. The van der Waals surface area contributed by atoms with Crippen LogP contribution in [0.15, 0.2) is 47.4 Å². The summed E-state index contributed by atoms with van der Waals surface area (Å²) in [4.78, 5) is 14.7. The van der Waals surface area contributed by atoms with Crippen molar-refractivity contribution >= 4 is 27.5 Å². The lowest BCUT2D eigenvalue weighted by atomic mass is 10.1. The fourth-order valence-electron chi connectivity index (χ4n) is 3.13. The van der Waals surface area contributed by atoms with Gasteiger partial charge in [-0.15, -0.1) is 0 Å². The molecule has 0 bridgehead atoms. The number of halogens is 1. The molecular weight excluding hydrogens is 428 g/mol. The Hall–Kier alpha value is -2.29. The Morgan fingerprint density at radius 1 is 1.17 bits per heavy atom. The number of carbonyl (C=O) groups is 1. The molecule has 30 heavy (non-hydrogen) atoms. The number of hydrogen-bond donors (Lipinski definition) is 1. The summed E-state index contributed by atoms with van der Waals surface area (Å²) in [6.45, 7) is 0.411. The molecule has 0 spiro atoms. The average Bonchev–Trinajstić information content (AvgIpc) is 3.56. The van der Waals surface area contributed by atoms with Crippen molar-refractivity contribution in [1.82, 2.24) is 9.62 Å². The molecule has 0 aliphatic heterocycles. The van der Waals surface area contributed by atoms with Gasteiger partial charge in [0.2, 0.25) is 15.9 Å². The van der Waals surface area contributed by atoms with Gasteiger partial charge in [0.1, 0.15) is 11.5 Å². The topological polar surface area (TPSA) is 84.9 Å². The highest BCUT2D eigenvalue weighted by molar-refractivity contribution is 7.89. The summed E-state index contributed by atoms with van der Waals surface area (Å²) in [6.07, 6.45) is 1.95. The number of amides is 1. The van der Waals surface area contributed by atoms with E-state index in [2.05, 4.69) is 4.72 Å². The van der Waals surface area contributed by atoms with Crippen molar-refractivity contribution < 1.29 is 22.7 Å². The molecule has 0 heterocycles. The fraction of sp³-hybridized carbons (Fsp3) is 0.381. The smallest absolute Gasteiger partial charge is 0.240 e. The van der Waals surface area contributed by atoms with E-state index in [-0.39, 0.29) is 29.8 Å². The van der Waals surface area contributed by atoms with Crippen LogP contribution in [0.25, 0.3) is 0 Å². The fourth-order valence-corrected chi connectivity index (χ4v) is 4.46. The molecule has 7 nitrogen and oxygen atoms in total. The number of ether oxygens (including phenoxy) is 2. The lowest BCUT2D eigenvalue weighted by Crippen LogP contribution is -2.35. The van der Waals surface area contributed by atoms with E-state index >= 15 is 0 Å². The minimum absolute atomic E-state index is 0.0106. The lowest BCUT2D eigenvalue weighted by molar-refractivity contribution is -0.132. The normalized spacial score (nSPS) is 13.7. The maximum absolute atomic E-state index is 12.8. The molecule has 1 amide bonds. The first-order valence-corrected chi connectivity index (χ1v) is 11.5. The number of nitrogens with one attached hydrogen (secondary N) is 1. The third-order valence-electron chi connectivity index (χ3n) is 4.88. The second-order valence-corrected chi connectivity index (χ2v) is 9.24. The van der Waals surface area contributed by atoms with Crippen LogP contribution in [0.4, 0.5) is 0 Å². The van der Waals surface area contributed by atoms with Crippen molar-refractivity contribution in [1.29, 1.82) is 0 Å². The van der Waals surface area contributed by atoms with E-state index in [1.807, 2.05) is 12.1 Å². The quantitative estimate of drug-likeness (QED) is 0.598. The van der Waals surface area contributed by atoms with Crippen molar-refractivity contribution in [3.8, 4) is 11.5 Å². The Balaban J connectivity index is 1.63. The molecular formula is C21H25ClN2O5S. The highest BCUT2D eigenvalue weighted by Crippen LogP contribution is 2.32. The van der Waals surface area contributed by atoms with E-state index in [9.17, 15) is 13.2 Å². The van der Waals surface area contributed by atoms with E-state index in [0.29, 0.717) is 23.1 Å². The van der Waals surface area contributed by atoms with Crippen LogP contribution in [0.3, 0.4) is 0 Å². The third-order valence-corrected chi connectivity index (χ3v) is 6.57. The number of carbonyl (C=O) groups excluding carboxylic acids is 1. The molecule has 0 saturated heterocycles. The zero-order valence-electron chi connectivity index (χ0n) is 16.9. The molecule has 0 aromatic heterocycles. The minimum Gasteiger partial charge on any atom is -0.497 e. The molecule has 1 fully saturated rings. The second kappa shape index (κ2) is 9.68. The predicted molar refractivity (Wildman–Crippen MR) is 114 cm³/mol. The first kappa shape index (κ1) is 22.4. The zero-order valence-corrected chi connectivity index (χ0v) is 18.5. The monoisotopic (exact) mass is 452 g/mol. The molecule has 2 aromatic rings. The van der Waals surface area contributed by atoms with Crippen molar-refractivity contribution in [3.63, 3.8) is 0 Å². The van der Waals surface area contributed by atoms with Gasteiger partial charge >= 0.3 is 0 Å². The van der Waals surface area contributed by atoms with E-state index in [0.717, 1.165) is 18.4 Å². The maximum atomic E-state index is 12.8. The number of methoxy groups -OCH3 is 2. The Bertz CT molecular complexity index is 1010. The van der Waals surface area contributed by atoms with Crippen LogP contribution in [-0.4, -0.2) is 46.0 Å². The van der Waals surface area contributed by atoms with E-state index in [1.165, 1.54) is 12.1 Å². The second-order valence-electron chi connectivity index (χ2n) is 7.04. The molecule has 0 unspecified atom stereocenters. The molecule has 0 atom stereocenters. The Kier molecular flexibility index (Phi) is 7.23. The van der Waals surface area contributed by atoms with Gasteiger partial charge in [0.15, 0.2) is 0 Å². The molecule has 1 N–H and O–H groups in total. The molecule has 9 heteroatoms. The van der Waals surface area contributed by atoms with Crippen LogP contribution in [0, 0.1) is 0 Å². The van der Waals surface area contributed by atoms with Gasteiger partial charge in [0.05, 0.1) is 19.1 Å². The van der Waals surface area contributed by atoms with Gasteiger partial charge in [-0.25, -0.2) is 13.1 Å². The van der Waals surface area contributed by atoms with Gasteiger partial charge in [-0.05, 0) is 43.2 Å². The Labute approximate surface area is 182 Å². The van der Waals surface area contributed by atoms with Crippen LogP contribution < -0.4 is 14.2 Å². The highest BCUT2D eigenvalue weighted by Gasteiger charge is 2.33. The van der Waals surface area contributed by atoms with Crippen molar-refractivity contribution in [2.75, 3.05) is 20.8 Å². The van der Waals surface area contributed by atoms with Crippen LogP contribution in [0.1, 0.15) is 24.8 Å². The molecule has 162 valence electrons. The van der Waals surface area contributed by atoms with Gasteiger partial charge in [-0.2, -0.15) is 0 Å². The SMILES string of the molecule is COc1ccc(CN(C(=O)CCNS(=O)(=O)c2cccc(Cl)c2)C2CC2)c(OC)c1. The van der Waals surface area contributed by atoms with Crippen molar-refractivity contribution in [3.05, 3.63) is 53.1 Å². The van der Waals surface area contributed by atoms with Crippen LogP contribution >= 0.6 is 11.6 Å². The number of hydrogen-bond acceptors (Lipinski definition) is 5. The van der Waals surface area contributed by atoms with Crippen molar-refractivity contribution in [2.45, 2.75) is 36.7 Å². The Morgan fingerprint density at radius 2 is 1.93 bits per heavy atom. The number of rotatable bonds is 10. The van der Waals surface area contributed by atoms with E-state index in [4.69, 9.17) is 21.1 Å². The zero-order chi connectivity index (χ0) is 21.7. The summed E-state index contributed by atoms with van der Waals surface area (Å²) in [6, 6.07) is 11.7. The number of benzene rings is 2. The predicted octanol–water partition coefficient (Wildman–Crippen LogP) is 3.22. The van der Waals surface area contributed by atoms with Crippen LogP contribution in [0.2, 0.25) is 5.02 Å². The maximum Gasteiger partial charge on any atom is 0.240 e. The van der Waals surface area contributed by atoms with Crippen molar-refractivity contribution in [2.24, 2.45) is 0 Å². The molecule has 3 rings (SSSR count). The molecule has 1 aliphatic rings. The minimum atomic E-state index is -3.73. The first-order valence-electron chi connectivity index (χ1n) is 9.59. The van der Waals surface area contributed by atoms with E-state index < -0.39 is 10.0 Å². The van der Waals surface area contributed by atoms with E-state index in [1.54, 1.807) is 37.3 Å². The van der Waals surface area contributed by atoms with Crippen LogP contribution in [-0.2, 0) is 21.4 Å². The third kappa shape index (κ3) is 5.65. The summed E-state index contributed by atoms with van der Waals surface area (Å²) in [5.41, 5.74) is 0.873. The lowest BCUT2D eigenvalue weighted by Gasteiger charge is -2.24. The summed E-state index contributed by atoms with van der Waals surface area (Å²) in [5, 5.41) is 0.335. The summed E-state index contributed by atoms with van der Waals surface area (Å²) < 4.78 is 37.9. The molecule has 2 aromatic carbocycles. The molecule has 1 aliphatic carbocycles.